The molecule has 0 bridgehead atoms. The molecule has 1 aromatic rings. The monoisotopic (exact) mass is 288 g/mol. The molecule has 1 saturated heterocycles. The van der Waals surface area contributed by atoms with Crippen LogP contribution in [-0.2, 0) is 10.2 Å². The number of rotatable bonds is 3. The first-order chi connectivity index (χ1) is 9.97. The maximum absolute atomic E-state index is 6.28. The quantitative estimate of drug-likeness (QED) is 0.791. The molecular formula is C19H28O2. The largest absolute Gasteiger partial charge is 0.491 e. The lowest BCUT2D eigenvalue weighted by Crippen LogP contribution is -2.27. The highest BCUT2D eigenvalue weighted by Crippen LogP contribution is 2.43. The van der Waals surface area contributed by atoms with Crippen molar-refractivity contribution < 1.29 is 9.47 Å². The van der Waals surface area contributed by atoms with Crippen LogP contribution in [0, 0.1) is 0 Å². The number of benzene rings is 1. The summed E-state index contributed by atoms with van der Waals surface area (Å²) in [5, 5.41) is 0. The Morgan fingerprint density at radius 3 is 2.38 bits per heavy atom. The zero-order valence-electron chi connectivity index (χ0n) is 13.7. The van der Waals surface area contributed by atoms with Crippen molar-refractivity contribution in [2.75, 3.05) is 6.61 Å². The standard InChI is InChI=1S/C19H28O2/c1-18(2,3)15-6-8-16(9-7-15)20-14-17-10-13-19(21-17)11-4-5-12-19/h6-9,17H,4-5,10-14H2,1-3H3. The van der Waals surface area contributed by atoms with E-state index in [0.29, 0.717) is 6.61 Å². The van der Waals surface area contributed by atoms with Gasteiger partial charge in [-0.25, -0.2) is 0 Å². The third-order valence-electron chi connectivity index (χ3n) is 5.01. The fourth-order valence-electron chi connectivity index (χ4n) is 3.64. The maximum atomic E-state index is 6.28. The van der Waals surface area contributed by atoms with Crippen molar-refractivity contribution in [3.8, 4) is 5.75 Å². The van der Waals surface area contributed by atoms with Gasteiger partial charge in [0.25, 0.3) is 0 Å². The van der Waals surface area contributed by atoms with E-state index in [1.54, 1.807) is 0 Å². The molecule has 0 N–H and O–H groups in total. The molecule has 0 amide bonds. The third-order valence-corrected chi connectivity index (χ3v) is 5.01. The van der Waals surface area contributed by atoms with Gasteiger partial charge in [-0.1, -0.05) is 45.7 Å². The summed E-state index contributed by atoms with van der Waals surface area (Å²) in [5.74, 6) is 0.957. The fraction of sp³-hybridized carbons (Fsp3) is 0.684. The second kappa shape index (κ2) is 5.64. The molecule has 3 rings (SSSR count). The summed E-state index contributed by atoms with van der Waals surface area (Å²) in [7, 11) is 0. The van der Waals surface area contributed by atoms with Crippen LogP contribution in [0.1, 0.15) is 64.9 Å². The minimum absolute atomic E-state index is 0.196. The average molecular weight is 288 g/mol. The molecule has 0 aromatic heterocycles. The Hall–Kier alpha value is -1.02. The van der Waals surface area contributed by atoms with Crippen LogP contribution >= 0.6 is 0 Å². The van der Waals surface area contributed by atoms with Gasteiger partial charge in [0.1, 0.15) is 12.4 Å². The molecule has 1 aliphatic carbocycles. The predicted octanol–water partition coefficient (Wildman–Crippen LogP) is 4.85. The van der Waals surface area contributed by atoms with Gasteiger partial charge in [0.05, 0.1) is 11.7 Å². The minimum Gasteiger partial charge on any atom is -0.491 e. The SMILES string of the molecule is CC(C)(C)c1ccc(OCC2CCC3(CCCC3)O2)cc1. The van der Waals surface area contributed by atoms with Gasteiger partial charge >= 0.3 is 0 Å². The van der Waals surface area contributed by atoms with Gasteiger partial charge in [-0.3, -0.25) is 0 Å². The van der Waals surface area contributed by atoms with Crippen LogP contribution in [0.4, 0.5) is 0 Å². The normalized spacial score (nSPS) is 24.6. The molecule has 116 valence electrons. The van der Waals surface area contributed by atoms with E-state index in [9.17, 15) is 0 Å². The van der Waals surface area contributed by atoms with Crippen molar-refractivity contribution in [2.24, 2.45) is 0 Å². The van der Waals surface area contributed by atoms with E-state index in [1.807, 2.05) is 0 Å². The van der Waals surface area contributed by atoms with Crippen LogP contribution in [-0.4, -0.2) is 18.3 Å². The van der Waals surface area contributed by atoms with E-state index in [1.165, 1.54) is 37.7 Å². The molecule has 21 heavy (non-hydrogen) atoms. The van der Waals surface area contributed by atoms with Crippen molar-refractivity contribution in [1.82, 2.24) is 0 Å². The Labute approximate surface area is 128 Å². The van der Waals surface area contributed by atoms with Crippen LogP contribution in [0.15, 0.2) is 24.3 Å². The molecule has 1 heterocycles. The smallest absolute Gasteiger partial charge is 0.119 e. The molecule has 1 unspecified atom stereocenters. The molecule has 2 heteroatoms. The molecule has 0 radical (unpaired) electrons. The van der Waals surface area contributed by atoms with Gasteiger partial charge in [-0.05, 0) is 48.8 Å². The van der Waals surface area contributed by atoms with Gasteiger partial charge in [-0.15, -0.1) is 0 Å². The highest BCUT2D eigenvalue weighted by atomic mass is 16.6. The lowest BCUT2D eigenvalue weighted by molar-refractivity contribution is -0.0508. The first-order valence-electron chi connectivity index (χ1n) is 8.38. The van der Waals surface area contributed by atoms with E-state index in [-0.39, 0.29) is 17.1 Å². The summed E-state index contributed by atoms with van der Waals surface area (Å²) in [6, 6.07) is 8.51. The Balaban J connectivity index is 1.52. The third kappa shape index (κ3) is 3.42. The Kier molecular flexibility index (Phi) is 4.00. The predicted molar refractivity (Wildman–Crippen MR) is 85.9 cm³/mol. The van der Waals surface area contributed by atoms with Crippen LogP contribution in [0.2, 0.25) is 0 Å². The van der Waals surface area contributed by atoms with Gasteiger partial charge in [-0.2, -0.15) is 0 Å². The second-order valence-corrected chi connectivity index (χ2v) is 7.75. The average Bonchev–Trinajstić information content (AvgIpc) is 3.07. The first-order valence-corrected chi connectivity index (χ1v) is 8.38. The summed E-state index contributed by atoms with van der Waals surface area (Å²) >= 11 is 0. The number of ether oxygens (including phenoxy) is 2. The van der Waals surface area contributed by atoms with Crippen LogP contribution < -0.4 is 4.74 Å². The maximum Gasteiger partial charge on any atom is 0.119 e. The molecule has 1 aliphatic heterocycles. The zero-order valence-corrected chi connectivity index (χ0v) is 13.7. The molecule has 1 atom stereocenters. The van der Waals surface area contributed by atoms with E-state index < -0.39 is 0 Å². The van der Waals surface area contributed by atoms with Crippen molar-refractivity contribution in [2.45, 2.75) is 76.4 Å². The van der Waals surface area contributed by atoms with Gasteiger partial charge in [0.15, 0.2) is 0 Å². The first kappa shape index (κ1) is 14.9. The van der Waals surface area contributed by atoms with Gasteiger partial charge in [0, 0.05) is 0 Å². The summed E-state index contributed by atoms with van der Waals surface area (Å²) < 4.78 is 12.2. The Morgan fingerprint density at radius 2 is 1.76 bits per heavy atom. The van der Waals surface area contributed by atoms with E-state index >= 15 is 0 Å². The van der Waals surface area contributed by atoms with Gasteiger partial charge in [0.2, 0.25) is 0 Å². The highest BCUT2D eigenvalue weighted by Gasteiger charge is 2.42. The second-order valence-electron chi connectivity index (χ2n) is 7.75. The fourth-order valence-corrected chi connectivity index (χ4v) is 3.64. The molecular weight excluding hydrogens is 260 g/mol. The molecule has 2 fully saturated rings. The lowest BCUT2D eigenvalue weighted by atomic mass is 9.87. The number of hydrogen-bond donors (Lipinski definition) is 0. The minimum atomic E-state index is 0.196. The summed E-state index contributed by atoms with van der Waals surface area (Å²) in [6.45, 7) is 7.39. The number of hydrogen-bond acceptors (Lipinski definition) is 2. The van der Waals surface area contributed by atoms with E-state index in [2.05, 4.69) is 45.0 Å². The van der Waals surface area contributed by atoms with Crippen LogP contribution in [0.3, 0.4) is 0 Å². The van der Waals surface area contributed by atoms with Gasteiger partial charge < -0.3 is 9.47 Å². The molecule has 1 aromatic carbocycles. The summed E-state index contributed by atoms with van der Waals surface area (Å²) in [4.78, 5) is 0. The molecule has 1 saturated carbocycles. The zero-order chi connectivity index (χ0) is 14.9. The van der Waals surface area contributed by atoms with E-state index in [4.69, 9.17) is 9.47 Å². The van der Waals surface area contributed by atoms with Crippen molar-refractivity contribution in [3.05, 3.63) is 29.8 Å². The van der Waals surface area contributed by atoms with Crippen LogP contribution in [0.25, 0.3) is 0 Å². The molecule has 2 nitrogen and oxygen atoms in total. The van der Waals surface area contributed by atoms with Crippen molar-refractivity contribution >= 4 is 0 Å². The topological polar surface area (TPSA) is 18.5 Å². The summed E-state index contributed by atoms with van der Waals surface area (Å²) in [6.07, 6.45) is 7.84. The van der Waals surface area contributed by atoms with Crippen LogP contribution in [0.5, 0.6) is 5.75 Å². The molecule has 1 spiro atoms. The Morgan fingerprint density at radius 1 is 1.10 bits per heavy atom. The van der Waals surface area contributed by atoms with E-state index in [0.717, 1.165) is 12.2 Å². The summed E-state index contributed by atoms with van der Waals surface area (Å²) in [5.41, 5.74) is 1.75. The highest BCUT2D eigenvalue weighted by molar-refractivity contribution is 5.31. The molecule has 2 aliphatic rings. The lowest BCUT2D eigenvalue weighted by Gasteiger charge is -2.24. The van der Waals surface area contributed by atoms with Crippen molar-refractivity contribution in [1.29, 1.82) is 0 Å². The van der Waals surface area contributed by atoms with Crippen molar-refractivity contribution in [3.63, 3.8) is 0 Å². The Bertz CT molecular complexity index is 463.